The molecule has 0 saturated carbocycles. The Morgan fingerprint density at radius 3 is 2.78 bits per heavy atom. The lowest BCUT2D eigenvalue weighted by molar-refractivity contribution is -0.123. The minimum absolute atomic E-state index is 0.121. The molecule has 12 heteroatoms. The number of halogens is 1. The van der Waals surface area contributed by atoms with E-state index < -0.39 is 29.8 Å². The summed E-state index contributed by atoms with van der Waals surface area (Å²) in [5.41, 5.74) is 0.787. The third kappa shape index (κ3) is 3.26. The van der Waals surface area contributed by atoms with Crippen molar-refractivity contribution in [1.82, 2.24) is 5.01 Å². The molecule has 11 nitrogen and oxygen atoms in total. The second-order valence-electron chi connectivity index (χ2n) is 7.14. The third-order valence-corrected chi connectivity index (χ3v) is 5.51. The van der Waals surface area contributed by atoms with Crippen LogP contribution in [0.4, 0.5) is 11.4 Å². The average Bonchev–Trinajstić information content (AvgIpc) is 3.45. The molecule has 3 heterocycles. The number of anilines is 2. The van der Waals surface area contributed by atoms with Crippen LogP contribution in [0.5, 0.6) is 17.2 Å². The van der Waals surface area contributed by atoms with Crippen molar-refractivity contribution in [1.29, 1.82) is 0 Å². The Hall–Kier alpha value is -3.86. The molecule has 5 rings (SSSR count). The highest BCUT2D eigenvalue weighted by Gasteiger charge is 2.55. The molecular formula is C20H16ClN5O6. The van der Waals surface area contributed by atoms with Crippen LogP contribution in [0.25, 0.3) is 0 Å². The van der Waals surface area contributed by atoms with Crippen LogP contribution in [0.3, 0.4) is 0 Å². The second-order valence-corrected chi connectivity index (χ2v) is 7.55. The number of nitrogens with one attached hydrogen (secondary N) is 1. The number of hydrogen-bond donors (Lipinski definition) is 1. The maximum Gasteiger partial charge on any atom is 0.263 e. The summed E-state index contributed by atoms with van der Waals surface area (Å²) >= 11 is 6.14. The fourth-order valence-corrected chi connectivity index (χ4v) is 3.98. The molecule has 3 aliphatic rings. The number of amides is 3. The lowest BCUT2D eigenvalue weighted by Gasteiger charge is -2.20. The molecule has 3 amide bonds. The van der Waals surface area contributed by atoms with Gasteiger partial charge in [-0.3, -0.25) is 19.4 Å². The Morgan fingerprint density at radius 2 is 2.00 bits per heavy atom. The average molecular weight is 458 g/mol. The summed E-state index contributed by atoms with van der Waals surface area (Å²) in [5.74, 6) is 0.0127. The molecule has 0 bridgehead atoms. The van der Waals surface area contributed by atoms with Gasteiger partial charge in [0.25, 0.3) is 11.8 Å². The van der Waals surface area contributed by atoms with Gasteiger partial charge in [-0.05, 0) is 30.3 Å². The van der Waals surface area contributed by atoms with E-state index in [9.17, 15) is 14.4 Å². The first kappa shape index (κ1) is 20.1. The van der Waals surface area contributed by atoms with E-state index in [-0.39, 0.29) is 18.4 Å². The Morgan fingerprint density at radius 1 is 1.19 bits per heavy atom. The number of methoxy groups -OCH3 is 1. The van der Waals surface area contributed by atoms with Crippen LogP contribution in [0.2, 0.25) is 5.02 Å². The number of imide groups is 1. The molecule has 164 valence electrons. The number of nitrogens with zero attached hydrogens (tertiary/aromatic N) is 4. The van der Waals surface area contributed by atoms with E-state index >= 15 is 0 Å². The fourth-order valence-electron chi connectivity index (χ4n) is 3.72. The van der Waals surface area contributed by atoms with E-state index in [1.165, 1.54) is 18.2 Å². The largest absolute Gasteiger partial charge is 0.495 e. The Labute approximate surface area is 186 Å². The third-order valence-electron chi connectivity index (χ3n) is 5.21. The molecule has 2 aromatic carbocycles. The highest BCUT2D eigenvalue weighted by Crippen LogP contribution is 2.36. The number of fused-ring (bicyclic) bond motifs is 2. The van der Waals surface area contributed by atoms with Crippen LogP contribution in [0.15, 0.2) is 46.7 Å². The lowest BCUT2D eigenvalue weighted by atomic mass is 10.1. The van der Waals surface area contributed by atoms with E-state index in [0.29, 0.717) is 28.6 Å². The van der Waals surface area contributed by atoms with Gasteiger partial charge in [0.2, 0.25) is 12.7 Å². The van der Waals surface area contributed by atoms with Crippen LogP contribution < -0.4 is 24.4 Å². The van der Waals surface area contributed by atoms with E-state index in [0.717, 1.165) is 4.90 Å². The van der Waals surface area contributed by atoms with E-state index in [4.69, 9.17) is 25.8 Å². The molecule has 1 N–H and O–H groups in total. The first-order chi connectivity index (χ1) is 15.5. The van der Waals surface area contributed by atoms with Crippen LogP contribution in [0, 0.1) is 0 Å². The number of hydrogen-bond acceptors (Lipinski definition) is 9. The van der Waals surface area contributed by atoms with Gasteiger partial charge >= 0.3 is 0 Å². The molecule has 1 fully saturated rings. The van der Waals surface area contributed by atoms with Crippen molar-refractivity contribution in [3.8, 4) is 17.2 Å². The molecule has 2 atom stereocenters. The quantitative estimate of drug-likeness (QED) is 0.681. The Bertz CT molecular complexity index is 1170. The van der Waals surface area contributed by atoms with Gasteiger partial charge in [0.1, 0.15) is 12.3 Å². The van der Waals surface area contributed by atoms with E-state index in [2.05, 4.69) is 15.7 Å². The van der Waals surface area contributed by atoms with Crippen molar-refractivity contribution < 1.29 is 28.6 Å². The van der Waals surface area contributed by atoms with E-state index in [1.54, 1.807) is 30.3 Å². The lowest BCUT2D eigenvalue weighted by Crippen LogP contribution is -2.43. The van der Waals surface area contributed by atoms with Crippen LogP contribution in [-0.2, 0) is 14.4 Å². The van der Waals surface area contributed by atoms with Crippen molar-refractivity contribution >= 4 is 40.7 Å². The van der Waals surface area contributed by atoms with Gasteiger partial charge in [-0.25, -0.2) is 4.90 Å². The molecule has 2 aromatic rings. The Kier molecular flexibility index (Phi) is 4.82. The zero-order valence-electron chi connectivity index (χ0n) is 16.6. The van der Waals surface area contributed by atoms with Crippen molar-refractivity contribution in [3.05, 3.63) is 41.4 Å². The van der Waals surface area contributed by atoms with Crippen LogP contribution in [0.1, 0.15) is 0 Å². The summed E-state index contributed by atoms with van der Waals surface area (Å²) < 4.78 is 15.6. The summed E-state index contributed by atoms with van der Waals surface area (Å²) in [6.45, 7) is -0.147. The first-order valence-electron chi connectivity index (χ1n) is 9.54. The maximum absolute atomic E-state index is 13.0. The van der Waals surface area contributed by atoms with Gasteiger partial charge in [-0.1, -0.05) is 16.8 Å². The number of rotatable bonds is 5. The molecule has 0 spiro atoms. The van der Waals surface area contributed by atoms with Crippen LogP contribution >= 0.6 is 11.6 Å². The maximum atomic E-state index is 13.0. The van der Waals surface area contributed by atoms with Gasteiger partial charge in [-0.15, -0.1) is 0 Å². The summed E-state index contributed by atoms with van der Waals surface area (Å²) in [4.78, 5) is 39.4. The predicted octanol–water partition coefficient (Wildman–Crippen LogP) is 2.01. The standard InChI is InChI=1S/C20H16ClN5O6/c1-30-13-5-3-11(7-12(13)21)26-19(28)17-18(20(26)29)25(24-23-17)8-16(27)22-10-2-4-14-15(6-10)32-9-31-14/h2-7,17-18H,8-9H2,1H3,(H,22,27)/t17-,18-/m0/s1. The molecule has 0 aromatic heterocycles. The molecule has 0 aliphatic carbocycles. The van der Waals surface area contributed by atoms with Gasteiger partial charge in [0.15, 0.2) is 23.6 Å². The SMILES string of the molecule is COc1ccc(N2C(=O)[C@H]3N=NN(CC(=O)Nc4ccc5c(c4)OCO5)[C@@H]3C2=O)cc1Cl. The van der Waals surface area contributed by atoms with Gasteiger partial charge < -0.3 is 19.5 Å². The fraction of sp³-hybridized carbons (Fsp3) is 0.250. The normalized spacial score (nSPS) is 20.7. The minimum atomic E-state index is -1.03. The van der Waals surface area contributed by atoms with Crippen molar-refractivity contribution in [3.63, 3.8) is 0 Å². The van der Waals surface area contributed by atoms with E-state index in [1.807, 2.05) is 0 Å². The topological polar surface area (TPSA) is 122 Å². The summed E-state index contributed by atoms with van der Waals surface area (Å²) in [7, 11) is 1.46. The molecule has 0 unspecified atom stereocenters. The van der Waals surface area contributed by atoms with Crippen molar-refractivity contribution in [2.75, 3.05) is 30.7 Å². The smallest absolute Gasteiger partial charge is 0.263 e. The predicted molar refractivity (Wildman–Crippen MR) is 111 cm³/mol. The van der Waals surface area contributed by atoms with Gasteiger partial charge in [0, 0.05) is 11.8 Å². The van der Waals surface area contributed by atoms with Crippen LogP contribution in [-0.4, -0.2) is 55.3 Å². The minimum Gasteiger partial charge on any atom is -0.495 e. The molecule has 0 radical (unpaired) electrons. The molecular weight excluding hydrogens is 442 g/mol. The first-order valence-corrected chi connectivity index (χ1v) is 9.92. The summed E-state index contributed by atoms with van der Waals surface area (Å²) in [6, 6.07) is 7.52. The molecule has 1 saturated heterocycles. The van der Waals surface area contributed by atoms with Crippen molar-refractivity contribution in [2.24, 2.45) is 10.3 Å². The van der Waals surface area contributed by atoms with Gasteiger partial charge in [-0.2, -0.15) is 5.11 Å². The van der Waals surface area contributed by atoms with Gasteiger partial charge in [0.05, 0.1) is 17.8 Å². The zero-order valence-corrected chi connectivity index (χ0v) is 17.4. The highest BCUT2D eigenvalue weighted by molar-refractivity contribution is 6.33. The highest BCUT2D eigenvalue weighted by atomic mass is 35.5. The molecule has 32 heavy (non-hydrogen) atoms. The Balaban J connectivity index is 1.30. The summed E-state index contributed by atoms with van der Waals surface area (Å²) in [5, 5.41) is 12.0. The number of carbonyl (C=O) groups excluding carboxylic acids is 3. The number of benzene rings is 2. The number of ether oxygens (including phenoxy) is 3. The number of carbonyl (C=O) groups is 3. The van der Waals surface area contributed by atoms with Crippen molar-refractivity contribution in [2.45, 2.75) is 12.1 Å². The molecule has 3 aliphatic heterocycles. The monoisotopic (exact) mass is 457 g/mol. The zero-order chi connectivity index (χ0) is 22.4. The second kappa shape index (κ2) is 7.68. The summed E-state index contributed by atoms with van der Waals surface area (Å²) in [6.07, 6.45) is 0.